The number of nitrogens with two attached hydrogens (primary N) is 1. The number of hydrogen-bond acceptors (Lipinski definition) is 4. The van der Waals surface area contributed by atoms with Crippen molar-refractivity contribution >= 4 is 5.91 Å². The monoisotopic (exact) mass is 204 g/mol. The van der Waals surface area contributed by atoms with Gasteiger partial charge in [-0.3, -0.25) is 4.79 Å². The quantitative estimate of drug-likeness (QED) is 0.408. The fourth-order valence-electron chi connectivity index (χ4n) is 0.985. The minimum absolute atomic E-state index is 0.0681. The van der Waals surface area contributed by atoms with Gasteiger partial charge in [0.25, 0.3) is 0 Å². The van der Waals surface area contributed by atoms with Gasteiger partial charge in [0.15, 0.2) is 0 Å². The molecule has 14 heavy (non-hydrogen) atoms. The average Bonchev–Trinajstić information content (AvgIpc) is 2.15. The lowest BCUT2D eigenvalue weighted by Gasteiger charge is -2.04. The molecule has 0 aliphatic rings. The Morgan fingerprint density at radius 3 is 2.71 bits per heavy atom. The molecule has 0 saturated carbocycles. The van der Waals surface area contributed by atoms with E-state index in [0.29, 0.717) is 19.6 Å². The zero-order chi connectivity index (χ0) is 10.6. The summed E-state index contributed by atoms with van der Waals surface area (Å²) in [6.45, 7) is 2.71. The number of primary amides is 1. The second-order valence-corrected chi connectivity index (χ2v) is 3.01. The van der Waals surface area contributed by atoms with Crippen LogP contribution in [0.5, 0.6) is 0 Å². The van der Waals surface area contributed by atoms with Crippen LogP contribution < -0.4 is 11.1 Å². The fraction of sp³-hybridized carbons (Fsp3) is 0.889. The molecule has 0 heterocycles. The molecule has 0 bridgehead atoms. The van der Waals surface area contributed by atoms with Gasteiger partial charge in [-0.1, -0.05) is 0 Å². The second kappa shape index (κ2) is 10.4. The van der Waals surface area contributed by atoms with Gasteiger partial charge < -0.3 is 20.9 Å². The van der Waals surface area contributed by atoms with Gasteiger partial charge in [-0.15, -0.1) is 0 Å². The van der Waals surface area contributed by atoms with Gasteiger partial charge in [-0.2, -0.15) is 0 Å². The Bertz CT molecular complexity index is 142. The molecular weight excluding hydrogens is 184 g/mol. The van der Waals surface area contributed by atoms with Gasteiger partial charge in [0.05, 0.1) is 19.8 Å². The lowest BCUT2D eigenvalue weighted by atomic mass is 10.2. The number of rotatable bonds is 10. The summed E-state index contributed by atoms with van der Waals surface area (Å²) < 4.78 is 5.04. The van der Waals surface area contributed by atoms with Crippen molar-refractivity contribution in [1.29, 1.82) is 0 Å². The van der Waals surface area contributed by atoms with Crippen molar-refractivity contribution in [2.24, 2.45) is 5.73 Å². The topological polar surface area (TPSA) is 84.6 Å². The van der Waals surface area contributed by atoms with E-state index in [2.05, 4.69) is 5.32 Å². The number of nitrogens with one attached hydrogen (secondary N) is 1. The molecule has 0 atom stereocenters. The zero-order valence-corrected chi connectivity index (χ0v) is 8.50. The second-order valence-electron chi connectivity index (χ2n) is 3.01. The molecule has 0 radical (unpaired) electrons. The predicted octanol–water partition coefficient (Wildman–Crippen LogP) is -0.759. The number of unbranched alkanes of at least 4 members (excludes halogenated alkanes) is 1. The van der Waals surface area contributed by atoms with Crippen LogP contribution in [0.2, 0.25) is 0 Å². The Morgan fingerprint density at radius 2 is 2.07 bits per heavy atom. The highest BCUT2D eigenvalue weighted by atomic mass is 16.5. The Morgan fingerprint density at radius 1 is 1.29 bits per heavy atom. The fourth-order valence-corrected chi connectivity index (χ4v) is 0.985. The summed E-state index contributed by atoms with van der Waals surface area (Å²) in [5.74, 6) is -0.240. The number of aliphatic hydroxyl groups excluding tert-OH is 1. The normalized spacial score (nSPS) is 10.4. The molecule has 84 valence electrons. The van der Waals surface area contributed by atoms with Crippen LogP contribution in [0, 0.1) is 0 Å². The van der Waals surface area contributed by atoms with E-state index in [1.54, 1.807) is 0 Å². The third-order valence-corrected chi connectivity index (χ3v) is 1.69. The lowest BCUT2D eigenvalue weighted by Crippen LogP contribution is -2.21. The number of carbonyl (C=O) groups is 1. The molecule has 1 amide bonds. The van der Waals surface area contributed by atoms with Crippen molar-refractivity contribution in [3.63, 3.8) is 0 Å². The minimum Gasteiger partial charge on any atom is -0.394 e. The van der Waals surface area contributed by atoms with Crippen molar-refractivity contribution in [2.45, 2.75) is 19.3 Å². The molecule has 0 aliphatic heterocycles. The molecule has 0 spiro atoms. The molecule has 4 N–H and O–H groups in total. The third-order valence-electron chi connectivity index (χ3n) is 1.69. The summed E-state index contributed by atoms with van der Waals surface area (Å²) in [5, 5.41) is 11.6. The molecule has 0 saturated heterocycles. The highest BCUT2D eigenvalue weighted by Crippen LogP contribution is 1.91. The molecule has 0 aromatic rings. The van der Waals surface area contributed by atoms with Gasteiger partial charge in [0.1, 0.15) is 0 Å². The maximum absolute atomic E-state index is 10.4. The van der Waals surface area contributed by atoms with Crippen LogP contribution in [0.15, 0.2) is 0 Å². The molecular formula is C9H20N2O3. The molecule has 0 aromatic carbocycles. The lowest BCUT2D eigenvalue weighted by molar-refractivity contribution is -0.118. The van der Waals surface area contributed by atoms with Crippen LogP contribution in [-0.2, 0) is 9.53 Å². The SMILES string of the molecule is NC(=O)CCCCNCCOCCO. The summed E-state index contributed by atoms with van der Waals surface area (Å²) in [6.07, 6.45) is 2.24. The highest BCUT2D eigenvalue weighted by Gasteiger charge is 1.93. The number of amides is 1. The minimum atomic E-state index is -0.240. The van der Waals surface area contributed by atoms with Crippen molar-refractivity contribution in [1.82, 2.24) is 5.32 Å². The maximum Gasteiger partial charge on any atom is 0.217 e. The molecule has 5 nitrogen and oxygen atoms in total. The Hall–Kier alpha value is -0.650. The van der Waals surface area contributed by atoms with E-state index in [0.717, 1.165) is 25.9 Å². The van der Waals surface area contributed by atoms with Gasteiger partial charge in [0, 0.05) is 13.0 Å². The van der Waals surface area contributed by atoms with Crippen LogP contribution in [0.3, 0.4) is 0 Å². The predicted molar refractivity (Wildman–Crippen MR) is 53.8 cm³/mol. The highest BCUT2D eigenvalue weighted by molar-refractivity contribution is 5.73. The van der Waals surface area contributed by atoms with E-state index in [1.165, 1.54) is 0 Å². The van der Waals surface area contributed by atoms with E-state index < -0.39 is 0 Å². The molecule has 0 fully saturated rings. The standard InChI is InChI=1S/C9H20N2O3/c10-9(13)3-1-2-4-11-5-7-14-8-6-12/h11-12H,1-8H2,(H2,10,13). The first kappa shape index (κ1) is 13.4. The first-order valence-corrected chi connectivity index (χ1v) is 4.95. The van der Waals surface area contributed by atoms with E-state index in [-0.39, 0.29) is 12.5 Å². The number of carbonyl (C=O) groups excluding carboxylic acids is 1. The summed E-state index contributed by atoms with van der Waals surface area (Å²) >= 11 is 0. The Balaban J connectivity index is 2.88. The van der Waals surface area contributed by atoms with Crippen molar-refractivity contribution in [2.75, 3.05) is 32.9 Å². The van der Waals surface area contributed by atoms with Gasteiger partial charge in [-0.05, 0) is 19.4 Å². The summed E-state index contributed by atoms with van der Waals surface area (Å²) in [6, 6.07) is 0. The van der Waals surface area contributed by atoms with Gasteiger partial charge >= 0.3 is 0 Å². The smallest absolute Gasteiger partial charge is 0.217 e. The molecule has 0 aliphatic carbocycles. The number of hydrogen-bond donors (Lipinski definition) is 3. The molecule has 0 unspecified atom stereocenters. The Kier molecular flexibility index (Phi) is 9.95. The van der Waals surface area contributed by atoms with Crippen molar-refractivity contribution in [3.05, 3.63) is 0 Å². The van der Waals surface area contributed by atoms with Gasteiger partial charge in [-0.25, -0.2) is 0 Å². The van der Waals surface area contributed by atoms with E-state index in [4.69, 9.17) is 15.6 Å². The largest absolute Gasteiger partial charge is 0.394 e. The van der Waals surface area contributed by atoms with Crippen molar-refractivity contribution < 1.29 is 14.6 Å². The van der Waals surface area contributed by atoms with E-state index in [9.17, 15) is 4.79 Å². The molecule has 5 heteroatoms. The van der Waals surface area contributed by atoms with Crippen LogP contribution in [-0.4, -0.2) is 43.9 Å². The summed E-state index contributed by atoms with van der Waals surface area (Å²) in [7, 11) is 0. The molecule has 0 rings (SSSR count). The van der Waals surface area contributed by atoms with E-state index >= 15 is 0 Å². The van der Waals surface area contributed by atoms with Gasteiger partial charge in [0.2, 0.25) is 5.91 Å². The Labute approximate surface area is 84.6 Å². The summed E-state index contributed by atoms with van der Waals surface area (Å²) in [4.78, 5) is 10.4. The average molecular weight is 204 g/mol. The van der Waals surface area contributed by atoms with E-state index in [1.807, 2.05) is 0 Å². The number of ether oxygens (including phenoxy) is 1. The first-order chi connectivity index (χ1) is 6.77. The van der Waals surface area contributed by atoms with Crippen LogP contribution in [0.4, 0.5) is 0 Å². The zero-order valence-electron chi connectivity index (χ0n) is 8.50. The summed E-state index contributed by atoms with van der Waals surface area (Å²) in [5.41, 5.74) is 4.99. The first-order valence-electron chi connectivity index (χ1n) is 4.95. The molecule has 0 aromatic heterocycles. The van der Waals surface area contributed by atoms with Crippen molar-refractivity contribution in [3.8, 4) is 0 Å². The number of aliphatic hydroxyl groups is 1. The van der Waals surface area contributed by atoms with Crippen LogP contribution in [0.1, 0.15) is 19.3 Å². The maximum atomic E-state index is 10.4. The third kappa shape index (κ3) is 11.4. The van der Waals surface area contributed by atoms with Crippen LogP contribution >= 0.6 is 0 Å². The van der Waals surface area contributed by atoms with Crippen LogP contribution in [0.25, 0.3) is 0 Å².